The number of rotatable bonds is 5. The van der Waals surface area contributed by atoms with Crippen molar-refractivity contribution >= 4 is 0 Å². The van der Waals surface area contributed by atoms with Crippen molar-refractivity contribution in [2.24, 2.45) is 0 Å². The van der Waals surface area contributed by atoms with Crippen molar-refractivity contribution < 1.29 is 4.39 Å². The molecule has 0 heterocycles. The Morgan fingerprint density at radius 2 is 1.63 bits per heavy atom. The van der Waals surface area contributed by atoms with Crippen molar-refractivity contribution in [2.45, 2.75) is 32.4 Å². The van der Waals surface area contributed by atoms with Crippen LogP contribution in [-0.4, -0.2) is 0 Å². The second-order valence-electron chi connectivity index (χ2n) is 4.78. The van der Waals surface area contributed by atoms with Crippen molar-refractivity contribution in [1.29, 1.82) is 0 Å². The molecule has 0 fully saturated rings. The number of hydrogen-bond acceptors (Lipinski definition) is 1. The fourth-order valence-electron chi connectivity index (χ4n) is 2.35. The molecular formula is C17H20FN. The largest absolute Gasteiger partial charge is 0.303 e. The van der Waals surface area contributed by atoms with Gasteiger partial charge in [-0.3, -0.25) is 0 Å². The minimum absolute atomic E-state index is 0.00800. The lowest BCUT2D eigenvalue weighted by molar-refractivity contribution is 0.443. The second-order valence-corrected chi connectivity index (χ2v) is 4.78. The molecule has 2 heteroatoms. The zero-order valence-corrected chi connectivity index (χ0v) is 11.4. The number of hydrogen-bond donors (Lipinski definition) is 1. The molecule has 0 saturated heterocycles. The molecule has 2 aromatic carbocycles. The molecule has 0 aliphatic carbocycles. The molecule has 0 radical (unpaired) electrons. The predicted octanol–water partition coefficient (Wildman–Crippen LogP) is 4.63. The monoisotopic (exact) mass is 257 g/mol. The first-order valence-electron chi connectivity index (χ1n) is 6.77. The lowest BCUT2D eigenvalue weighted by Gasteiger charge is -2.23. The Hall–Kier alpha value is -1.67. The fraction of sp³-hybridized carbons (Fsp3) is 0.294. The summed E-state index contributed by atoms with van der Waals surface area (Å²) in [6, 6.07) is 17.5. The van der Waals surface area contributed by atoms with Gasteiger partial charge in [0, 0.05) is 17.6 Å². The summed E-state index contributed by atoms with van der Waals surface area (Å²) >= 11 is 0. The quantitative estimate of drug-likeness (QED) is 0.823. The Kier molecular flexibility index (Phi) is 4.69. The zero-order chi connectivity index (χ0) is 13.7. The normalized spacial score (nSPS) is 14.1. The molecule has 0 aliphatic rings. The summed E-state index contributed by atoms with van der Waals surface area (Å²) < 4.78 is 13.8. The molecule has 2 aromatic rings. The van der Waals surface area contributed by atoms with E-state index in [2.05, 4.69) is 24.4 Å². The van der Waals surface area contributed by atoms with Gasteiger partial charge in [-0.2, -0.15) is 0 Å². The second kappa shape index (κ2) is 6.48. The van der Waals surface area contributed by atoms with Crippen molar-refractivity contribution in [3.05, 3.63) is 71.5 Å². The maximum Gasteiger partial charge on any atom is 0.127 e. The maximum atomic E-state index is 13.8. The molecule has 100 valence electrons. The van der Waals surface area contributed by atoms with Crippen LogP contribution >= 0.6 is 0 Å². The topological polar surface area (TPSA) is 12.0 Å². The summed E-state index contributed by atoms with van der Waals surface area (Å²) in [5, 5.41) is 3.50. The Bertz CT molecular complexity index is 510. The highest BCUT2D eigenvalue weighted by Gasteiger charge is 2.15. The Balaban J connectivity index is 2.13. The van der Waals surface area contributed by atoms with Gasteiger partial charge in [-0.25, -0.2) is 4.39 Å². The zero-order valence-electron chi connectivity index (χ0n) is 11.4. The summed E-state index contributed by atoms with van der Waals surface area (Å²) in [5.74, 6) is -0.148. The van der Waals surface area contributed by atoms with Crippen molar-refractivity contribution in [3.63, 3.8) is 0 Å². The predicted molar refractivity (Wildman–Crippen MR) is 77.4 cm³/mol. The van der Waals surface area contributed by atoms with Gasteiger partial charge in [0.1, 0.15) is 5.82 Å². The van der Waals surface area contributed by atoms with Crippen LogP contribution in [0.2, 0.25) is 0 Å². The SMILES string of the molecule is CCC(N[C@H](C)c1ccccc1F)c1ccccc1. The van der Waals surface area contributed by atoms with E-state index in [9.17, 15) is 4.39 Å². The molecule has 0 aliphatic heterocycles. The van der Waals surface area contributed by atoms with E-state index in [1.54, 1.807) is 6.07 Å². The molecule has 1 unspecified atom stereocenters. The first-order chi connectivity index (χ1) is 9.22. The number of nitrogens with one attached hydrogen (secondary N) is 1. The van der Waals surface area contributed by atoms with Crippen molar-refractivity contribution in [1.82, 2.24) is 5.32 Å². The average Bonchev–Trinajstić information content (AvgIpc) is 2.46. The van der Waals surface area contributed by atoms with Crippen LogP contribution in [0.5, 0.6) is 0 Å². The lowest BCUT2D eigenvalue weighted by atomic mass is 10.0. The van der Waals surface area contributed by atoms with E-state index < -0.39 is 0 Å². The van der Waals surface area contributed by atoms with Gasteiger partial charge in [-0.15, -0.1) is 0 Å². The van der Waals surface area contributed by atoms with Crippen LogP contribution in [0.3, 0.4) is 0 Å². The van der Waals surface area contributed by atoms with Gasteiger partial charge >= 0.3 is 0 Å². The maximum absolute atomic E-state index is 13.8. The molecule has 0 amide bonds. The Labute approximate surface area is 114 Å². The first-order valence-corrected chi connectivity index (χ1v) is 6.77. The molecular weight excluding hydrogens is 237 g/mol. The van der Waals surface area contributed by atoms with Crippen LogP contribution in [-0.2, 0) is 0 Å². The molecule has 0 saturated carbocycles. The molecule has 1 N–H and O–H groups in total. The first kappa shape index (κ1) is 13.8. The van der Waals surface area contributed by atoms with Crippen molar-refractivity contribution in [3.8, 4) is 0 Å². The van der Waals surface area contributed by atoms with Gasteiger partial charge in [-0.1, -0.05) is 55.5 Å². The van der Waals surface area contributed by atoms with Gasteiger partial charge in [0.25, 0.3) is 0 Å². The minimum Gasteiger partial charge on any atom is -0.303 e. The lowest BCUT2D eigenvalue weighted by Crippen LogP contribution is -2.24. The van der Waals surface area contributed by atoms with E-state index in [0.717, 1.165) is 12.0 Å². The Morgan fingerprint density at radius 3 is 2.26 bits per heavy atom. The summed E-state index contributed by atoms with van der Waals surface area (Å²) in [4.78, 5) is 0. The van der Waals surface area contributed by atoms with Gasteiger partial charge in [0.05, 0.1) is 0 Å². The summed E-state index contributed by atoms with van der Waals surface area (Å²) in [5.41, 5.74) is 1.96. The van der Waals surface area contributed by atoms with Crippen molar-refractivity contribution in [2.75, 3.05) is 0 Å². The van der Waals surface area contributed by atoms with Gasteiger partial charge < -0.3 is 5.32 Å². The highest BCUT2D eigenvalue weighted by molar-refractivity contribution is 5.23. The molecule has 0 bridgehead atoms. The van der Waals surface area contributed by atoms with Crippen LogP contribution in [0, 0.1) is 5.82 Å². The van der Waals surface area contributed by atoms with E-state index in [4.69, 9.17) is 0 Å². The number of halogens is 1. The molecule has 0 aromatic heterocycles. The fourth-order valence-corrected chi connectivity index (χ4v) is 2.35. The van der Waals surface area contributed by atoms with E-state index >= 15 is 0 Å². The third kappa shape index (κ3) is 3.42. The molecule has 1 nitrogen and oxygen atoms in total. The van der Waals surface area contributed by atoms with E-state index in [1.165, 1.54) is 11.6 Å². The van der Waals surface area contributed by atoms with Gasteiger partial charge in [0.2, 0.25) is 0 Å². The summed E-state index contributed by atoms with van der Waals surface area (Å²) in [6.07, 6.45) is 0.975. The smallest absolute Gasteiger partial charge is 0.127 e. The standard InChI is InChI=1S/C17H20FN/c1-3-17(14-9-5-4-6-10-14)19-13(2)15-11-7-8-12-16(15)18/h4-13,17,19H,3H2,1-2H3/t13-,17?/m1/s1. The van der Waals surface area contributed by atoms with E-state index in [0.29, 0.717) is 0 Å². The third-order valence-electron chi connectivity index (χ3n) is 3.43. The summed E-state index contributed by atoms with van der Waals surface area (Å²) in [7, 11) is 0. The van der Waals surface area contributed by atoms with E-state index in [-0.39, 0.29) is 17.9 Å². The van der Waals surface area contributed by atoms with Crippen LogP contribution in [0.15, 0.2) is 54.6 Å². The van der Waals surface area contributed by atoms with Crippen LogP contribution in [0.1, 0.15) is 43.5 Å². The van der Waals surface area contributed by atoms with Gasteiger partial charge in [0.15, 0.2) is 0 Å². The molecule has 2 rings (SSSR count). The third-order valence-corrected chi connectivity index (χ3v) is 3.43. The van der Waals surface area contributed by atoms with Crippen LogP contribution in [0.25, 0.3) is 0 Å². The summed E-state index contributed by atoms with van der Waals surface area (Å²) in [6.45, 7) is 4.14. The minimum atomic E-state index is -0.148. The number of benzene rings is 2. The Morgan fingerprint density at radius 1 is 1.00 bits per heavy atom. The molecule has 0 spiro atoms. The van der Waals surface area contributed by atoms with Crippen LogP contribution < -0.4 is 5.32 Å². The average molecular weight is 257 g/mol. The highest BCUT2D eigenvalue weighted by atomic mass is 19.1. The van der Waals surface area contributed by atoms with Gasteiger partial charge in [-0.05, 0) is 25.0 Å². The van der Waals surface area contributed by atoms with Crippen LogP contribution in [0.4, 0.5) is 4.39 Å². The highest BCUT2D eigenvalue weighted by Crippen LogP contribution is 2.23. The van der Waals surface area contributed by atoms with E-state index in [1.807, 2.05) is 37.3 Å². The molecule has 19 heavy (non-hydrogen) atoms. The molecule has 2 atom stereocenters.